The van der Waals surface area contributed by atoms with Crippen LogP contribution in [0.4, 0.5) is 13.2 Å². The summed E-state index contributed by atoms with van der Waals surface area (Å²) >= 11 is 0. The Morgan fingerprint density at radius 3 is 2.17 bits per heavy atom. The third kappa shape index (κ3) is 3.28. The van der Waals surface area contributed by atoms with Gasteiger partial charge in [-0.15, -0.1) is 0 Å². The molecular weight excluding hydrogens is 315 g/mol. The molecule has 0 amide bonds. The first kappa shape index (κ1) is 16.1. The van der Waals surface area contributed by atoms with Crippen LogP contribution in [0.2, 0.25) is 0 Å². The summed E-state index contributed by atoms with van der Waals surface area (Å²) in [5.74, 6) is 0. The summed E-state index contributed by atoms with van der Waals surface area (Å²) in [6.07, 6.45) is -1.10. The van der Waals surface area contributed by atoms with Crippen molar-refractivity contribution < 1.29 is 13.2 Å². The van der Waals surface area contributed by atoms with E-state index in [1.807, 2.05) is 18.2 Å². The highest BCUT2D eigenvalue weighted by Crippen LogP contribution is 2.32. The largest absolute Gasteiger partial charge is 0.416 e. The van der Waals surface area contributed by atoms with Gasteiger partial charge in [-0.05, 0) is 42.0 Å². The highest BCUT2D eigenvalue weighted by molar-refractivity contribution is 5.63. The fourth-order valence-corrected chi connectivity index (χ4v) is 2.44. The van der Waals surface area contributed by atoms with Crippen LogP contribution in [-0.2, 0) is 6.18 Å². The van der Waals surface area contributed by atoms with E-state index in [1.165, 1.54) is 12.1 Å². The standard InChI is InChI=1S/C18H14F3N3/c19-18(20,21)13-8-6-12(7-9-13)16(22)17-14(4-3-11-24-17)15-5-1-2-10-23-15/h1-11,16H,22H2. The zero-order chi connectivity index (χ0) is 17.2. The molecule has 0 saturated heterocycles. The van der Waals surface area contributed by atoms with Crippen molar-refractivity contribution in [2.75, 3.05) is 0 Å². The predicted molar refractivity (Wildman–Crippen MR) is 84.9 cm³/mol. The molecule has 1 aromatic carbocycles. The number of aromatic nitrogens is 2. The minimum absolute atomic E-state index is 0.555. The zero-order valence-electron chi connectivity index (χ0n) is 12.5. The summed E-state index contributed by atoms with van der Waals surface area (Å²) in [5, 5.41) is 0. The van der Waals surface area contributed by atoms with Crippen LogP contribution in [0.5, 0.6) is 0 Å². The number of alkyl halides is 3. The number of pyridine rings is 2. The molecule has 0 spiro atoms. The minimum atomic E-state index is -4.37. The second kappa shape index (κ2) is 6.41. The van der Waals surface area contributed by atoms with Gasteiger partial charge in [0, 0.05) is 18.0 Å². The third-order valence-electron chi connectivity index (χ3n) is 3.67. The molecule has 2 N–H and O–H groups in total. The van der Waals surface area contributed by atoms with Crippen LogP contribution in [0, 0.1) is 0 Å². The first-order valence-electron chi connectivity index (χ1n) is 7.26. The average Bonchev–Trinajstić information content (AvgIpc) is 2.61. The average molecular weight is 329 g/mol. The minimum Gasteiger partial charge on any atom is -0.319 e. The smallest absolute Gasteiger partial charge is 0.319 e. The lowest BCUT2D eigenvalue weighted by Gasteiger charge is -2.16. The van der Waals surface area contributed by atoms with Crippen LogP contribution in [0.25, 0.3) is 11.3 Å². The highest BCUT2D eigenvalue weighted by Gasteiger charge is 2.30. The number of hydrogen-bond acceptors (Lipinski definition) is 3. The predicted octanol–water partition coefficient (Wildman–Crippen LogP) is 4.21. The maximum Gasteiger partial charge on any atom is 0.416 e. The quantitative estimate of drug-likeness (QED) is 0.783. The Kier molecular flexibility index (Phi) is 4.31. The molecule has 0 aliphatic rings. The van der Waals surface area contributed by atoms with Crippen LogP contribution in [0.15, 0.2) is 67.0 Å². The van der Waals surface area contributed by atoms with Crippen LogP contribution in [0.3, 0.4) is 0 Å². The maximum absolute atomic E-state index is 12.7. The molecule has 0 radical (unpaired) electrons. The number of halogens is 3. The van der Waals surface area contributed by atoms with Crippen molar-refractivity contribution in [3.63, 3.8) is 0 Å². The molecule has 0 aliphatic carbocycles. The van der Waals surface area contributed by atoms with Crippen LogP contribution in [0.1, 0.15) is 22.9 Å². The van der Waals surface area contributed by atoms with E-state index in [0.29, 0.717) is 17.0 Å². The molecule has 3 aromatic rings. The maximum atomic E-state index is 12.7. The van der Waals surface area contributed by atoms with E-state index in [2.05, 4.69) is 9.97 Å². The van der Waals surface area contributed by atoms with Crippen molar-refractivity contribution in [2.24, 2.45) is 5.73 Å². The molecule has 0 aliphatic heterocycles. The second-order valence-electron chi connectivity index (χ2n) is 5.25. The molecule has 3 rings (SSSR count). The summed E-state index contributed by atoms with van der Waals surface area (Å²) in [6.45, 7) is 0. The Bertz CT molecular complexity index is 815. The fraction of sp³-hybridized carbons (Fsp3) is 0.111. The number of nitrogens with zero attached hydrogens (tertiary/aromatic N) is 2. The van der Waals surface area contributed by atoms with E-state index in [4.69, 9.17) is 5.73 Å². The van der Waals surface area contributed by atoms with E-state index in [9.17, 15) is 13.2 Å². The summed E-state index contributed by atoms with van der Waals surface area (Å²) in [6, 6.07) is 13.3. The van der Waals surface area contributed by atoms with E-state index in [1.54, 1.807) is 24.5 Å². The van der Waals surface area contributed by atoms with Gasteiger partial charge in [0.05, 0.1) is 23.0 Å². The summed E-state index contributed by atoms with van der Waals surface area (Å²) in [5.41, 5.74) is 8.12. The van der Waals surface area contributed by atoms with Crippen LogP contribution in [-0.4, -0.2) is 9.97 Å². The summed E-state index contributed by atoms with van der Waals surface area (Å²) in [7, 11) is 0. The molecule has 2 aromatic heterocycles. The van der Waals surface area contributed by atoms with Crippen molar-refractivity contribution >= 4 is 0 Å². The van der Waals surface area contributed by atoms with Gasteiger partial charge in [-0.25, -0.2) is 0 Å². The molecular formula is C18H14F3N3. The lowest BCUT2D eigenvalue weighted by molar-refractivity contribution is -0.137. The SMILES string of the molecule is NC(c1ccc(C(F)(F)F)cc1)c1ncccc1-c1ccccn1. The molecule has 0 fully saturated rings. The lowest BCUT2D eigenvalue weighted by atomic mass is 9.97. The number of benzene rings is 1. The van der Waals surface area contributed by atoms with Crippen LogP contribution >= 0.6 is 0 Å². The molecule has 24 heavy (non-hydrogen) atoms. The van der Waals surface area contributed by atoms with Gasteiger partial charge < -0.3 is 5.73 Å². The van der Waals surface area contributed by atoms with E-state index in [0.717, 1.165) is 17.7 Å². The number of hydrogen-bond donors (Lipinski definition) is 1. The van der Waals surface area contributed by atoms with Gasteiger partial charge in [0.1, 0.15) is 0 Å². The lowest BCUT2D eigenvalue weighted by Crippen LogP contribution is -2.15. The van der Waals surface area contributed by atoms with Crippen molar-refractivity contribution in [3.05, 3.63) is 83.8 Å². The van der Waals surface area contributed by atoms with E-state index in [-0.39, 0.29) is 0 Å². The second-order valence-corrected chi connectivity index (χ2v) is 5.25. The first-order chi connectivity index (χ1) is 11.5. The van der Waals surface area contributed by atoms with Crippen molar-refractivity contribution in [2.45, 2.75) is 12.2 Å². The van der Waals surface area contributed by atoms with Gasteiger partial charge in [-0.1, -0.05) is 18.2 Å². The Morgan fingerprint density at radius 2 is 1.54 bits per heavy atom. The zero-order valence-corrected chi connectivity index (χ0v) is 12.5. The number of nitrogens with two attached hydrogens (primary N) is 1. The van der Waals surface area contributed by atoms with Crippen LogP contribution < -0.4 is 5.73 Å². The normalized spacial score (nSPS) is 12.8. The molecule has 0 bridgehead atoms. The van der Waals surface area contributed by atoms with E-state index >= 15 is 0 Å². The Hall–Kier alpha value is -2.73. The Balaban J connectivity index is 1.98. The third-order valence-corrected chi connectivity index (χ3v) is 3.67. The first-order valence-corrected chi connectivity index (χ1v) is 7.26. The summed E-state index contributed by atoms with van der Waals surface area (Å²) < 4.78 is 38.0. The Morgan fingerprint density at radius 1 is 0.833 bits per heavy atom. The molecule has 1 atom stereocenters. The molecule has 3 nitrogen and oxygen atoms in total. The molecule has 122 valence electrons. The van der Waals surface area contributed by atoms with Gasteiger partial charge in [-0.2, -0.15) is 13.2 Å². The van der Waals surface area contributed by atoms with Gasteiger partial charge in [-0.3, -0.25) is 9.97 Å². The number of rotatable bonds is 3. The fourth-order valence-electron chi connectivity index (χ4n) is 2.44. The monoisotopic (exact) mass is 329 g/mol. The van der Waals surface area contributed by atoms with Gasteiger partial charge in [0.25, 0.3) is 0 Å². The molecule has 1 unspecified atom stereocenters. The topological polar surface area (TPSA) is 51.8 Å². The van der Waals surface area contributed by atoms with Crippen molar-refractivity contribution in [1.29, 1.82) is 0 Å². The molecule has 0 saturated carbocycles. The van der Waals surface area contributed by atoms with Gasteiger partial charge >= 0.3 is 6.18 Å². The van der Waals surface area contributed by atoms with Gasteiger partial charge in [0.2, 0.25) is 0 Å². The van der Waals surface area contributed by atoms with Gasteiger partial charge in [0.15, 0.2) is 0 Å². The molecule has 6 heteroatoms. The Labute approximate surface area is 137 Å². The highest BCUT2D eigenvalue weighted by atomic mass is 19.4. The summed E-state index contributed by atoms with van der Waals surface area (Å²) in [4.78, 5) is 8.60. The van der Waals surface area contributed by atoms with Crippen molar-refractivity contribution in [1.82, 2.24) is 9.97 Å². The molecule has 2 heterocycles. The van der Waals surface area contributed by atoms with E-state index < -0.39 is 17.8 Å². The van der Waals surface area contributed by atoms with Crippen molar-refractivity contribution in [3.8, 4) is 11.3 Å².